The summed E-state index contributed by atoms with van der Waals surface area (Å²) >= 11 is 0. The topological polar surface area (TPSA) is 72.9 Å². The Balaban J connectivity index is 2.71. The molecular weight excluding hydrogens is 204 g/mol. The highest BCUT2D eigenvalue weighted by Crippen LogP contribution is 2.03. The van der Waals surface area contributed by atoms with Crippen LogP contribution in [0.25, 0.3) is 0 Å². The van der Waals surface area contributed by atoms with Gasteiger partial charge in [-0.15, -0.1) is 0 Å². The molecule has 0 radical (unpaired) electrons. The molecule has 3 N–H and O–H groups in total. The Labute approximate surface area is 95.7 Å². The molecule has 0 aliphatic heterocycles. The maximum atomic E-state index is 11.7. The molecule has 1 aromatic heterocycles. The van der Waals surface area contributed by atoms with Crippen molar-refractivity contribution < 1.29 is 0 Å². The maximum absolute atomic E-state index is 11.7. The van der Waals surface area contributed by atoms with Gasteiger partial charge in [-0.1, -0.05) is 20.3 Å². The van der Waals surface area contributed by atoms with E-state index in [4.69, 9.17) is 5.73 Å². The van der Waals surface area contributed by atoms with Gasteiger partial charge < -0.3 is 11.1 Å². The van der Waals surface area contributed by atoms with E-state index in [9.17, 15) is 4.79 Å². The Hall–Kier alpha value is -1.36. The van der Waals surface area contributed by atoms with Gasteiger partial charge in [-0.2, -0.15) is 5.10 Å². The predicted octanol–water partition coefficient (Wildman–Crippen LogP) is 0.660. The van der Waals surface area contributed by atoms with Gasteiger partial charge in [0.2, 0.25) is 0 Å². The molecule has 0 fully saturated rings. The van der Waals surface area contributed by atoms with Gasteiger partial charge in [-0.05, 0) is 5.92 Å². The van der Waals surface area contributed by atoms with Crippen molar-refractivity contribution in [2.24, 2.45) is 11.7 Å². The molecule has 1 heterocycles. The van der Waals surface area contributed by atoms with Crippen molar-refractivity contribution in [2.75, 3.05) is 18.4 Å². The number of nitrogens with two attached hydrogens (primary N) is 1. The fourth-order valence-electron chi connectivity index (χ4n) is 1.31. The van der Waals surface area contributed by atoms with E-state index in [0.717, 1.165) is 12.1 Å². The molecule has 0 aliphatic rings. The molecule has 1 atom stereocenters. The van der Waals surface area contributed by atoms with Gasteiger partial charge >= 0.3 is 0 Å². The molecule has 5 heteroatoms. The van der Waals surface area contributed by atoms with Crippen LogP contribution in [0.2, 0.25) is 0 Å². The molecule has 1 unspecified atom stereocenters. The van der Waals surface area contributed by atoms with Gasteiger partial charge in [-0.3, -0.25) is 4.79 Å². The normalized spacial score (nSPS) is 12.4. The summed E-state index contributed by atoms with van der Waals surface area (Å²) in [7, 11) is 0. The van der Waals surface area contributed by atoms with Gasteiger partial charge in [0.05, 0.1) is 11.9 Å². The quantitative estimate of drug-likeness (QED) is 0.744. The van der Waals surface area contributed by atoms with E-state index in [1.165, 1.54) is 4.68 Å². The molecule has 1 rings (SSSR count). The van der Waals surface area contributed by atoms with Crippen molar-refractivity contribution in [3.05, 3.63) is 22.6 Å². The van der Waals surface area contributed by atoms with Crippen LogP contribution in [0.1, 0.15) is 20.3 Å². The van der Waals surface area contributed by atoms with Crippen LogP contribution in [0.15, 0.2) is 17.1 Å². The van der Waals surface area contributed by atoms with Crippen LogP contribution in [0, 0.1) is 5.92 Å². The summed E-state index contributed by atoms with van der Waals surface area (Å²) in [5.41, 5.74) is 6.03. The third-order valence-corrected chi connectivity index (χ3v) is 2.52. The Kier molecular flexibility index (Phi) is 4.98. The average molecular weight is 224 g/mol. The smallest absolute Gasteiger partial charge is 0.268 e. The minimum atomic E-state index is -0.0673. The van der Waals surface area contributed by atoms with E-state index >= 15 is 0 Å². The SMILES string of the molecule is CCC(C)Cn1ncc(NCCN)cc1=O. The van der Waals surface area contributed by atoms with Gasteiger partial charge in [0.15, 0.2) is 0 Å². The molecule has 16 heavy (non-hydrogen) atoms. The summed E-state index contributed by atoms with van der Waals surface area (Å²) in [6.45, 7) is 6.07. The van der Waals surface area contributed by atoms with Crippen molar-refractivity contribution in [1.29, 1.82) is 0 Å². The van der Waals surface area contributed by atoms with E-state index in [-0.39, 0.29) is 5.56 Å². The fraction of sp³-hybridized carbons (Fsp3) is 0.636. The second-order valence-electron chi connectivity index (χ2n) is 3.99. The zero-order valence-corrected chi connectivity index (χ0v) is 9.94. The summed E-state index contributed by atoms with van der Waals surface area (Å²) in [6, 6.07) is 1.56. The number of aromatic nitrogens is 2. The van der Waals surface area contributed by atoms with Crippen LogP contribution in [-0.2, 0) is 6.54 Å². The summed E-state index contributed by atoms with van der Waals surface area (Å²) in [4.78, 5) is 11.7. The Morgan fingerprint density at radius 1 is 1.62 bits per heavy atom. The molecule has 5 nitrogen and oxygen atoms in total. The molecule has 0 aliphatic carbocycles. The third kappa shape index (κ3) is 3.66. The van der Waals surface area contributed by atoms with Gasteiger partial charge in [-0.25, -0.2) is 4.68 Å². The number of hydrogen-bond donors (Lipinski definition) is 2. The van der Waals surface area contributed by atoms with E-state index in [2.05, 4.69) is 24.3 Å². The van der Waals surface area contributed by atoms with E-state index in [1.807, 2.05) is 0 Å². The Morgan fingerprint density at radius 2 is 2.38 bits per heavy atom. The molecular formula is C11H20N4O. The standard InChI is InChI=1S/C11H20N4O/c1-3-9(2)8-15-11(16)6-10(7-14-15)13-5-4-12/h6-7,9,13H,3-5,8,12H2,1-2H3. The molecule has 90 valence electrons. The van der Waals surface area contributed by atoms with E-state index in [0.29, 0.717) is 25.6 Å². The molecule has 0 saturated carbocycles. The molecule has 0 spiro atoms. The maximum Gasteiger partial charge on any atom is 0.268 e. The summed E-state index contributed by atoms with van der Waals surface area (Å²) in [5.74, 6) is 0.466. The Morgan fingerprint density at radius 3 is 2.94 bits per heavy atom. The van der Waals surface area contributed by atoms with Crippen molar-refractivity contribution >= 4 is 5.69 Å². The van der Waals surface area contributed by atoms with E-state index < -0.39 is 0 Å². The number of nitrogens with zero attached hydrogens (tertiary/aromatic N) is 2. The van der Waals surface area contributed by atoms with Crippen molar-refractivity contribution in [3.8, 4) is 0 Å². The first-order valence-corrected chi connectivity index (χ1v) is 5.68. The van der Waals surface area contributed by atoms with Crippen LogP contribution < -0.4 is 16.6 Å². The lowest BCUT2D eigenvalue weighted by atomic mass is 10.1. The monoisotopic (exact) mass is 224 g/mol. The van der Waals surface area contributed by atoms with Gasteiger partial charge in [0.25, 0.3) is 5.56 Å². The van der Waals surface area contributed by atoms with Crippen molar-refractivity contribution in [2.45, 2.75) is 26.8 Å². The number of rotatable bonds is 6. The minimum Gasteiger partial charge on any atom is -0.382 e. The zero-order chi connectivity index (χ0) is 12.0. The first-order chi connectivity index (χ1) is 7.67. The fourth-order valence-corrected chi connectivity index (χ4v) is 1.31. The molecule has 0 saturated heterocycles. The summed E-state index contributed by atoms with van der Waals surface area (Å²) < 4.78 is 1.50. The van der Waals surface area contributed by atoms with Crippen LogP contribution in [-0.4, -0.2) is 22.9 Å². The first kappa shape index (κ1) is 12.7. The van der Waals surface area contributed by atoms with Crippen LogP contribution >= 0.6 is 0 Å². The van der Waals surface area contributed by atoms with Gasteiger partial charge in [0, 0.05) is 25.7 Å². The number of nitrogens with one attached hydrogen (secondary N) is 1. The molecule has 0 amide bonds. The van der Waals surface area contributed by atoms with Crippen LogP contribution in [0.3, 0.4) is 0 Å². The first-order valence-electron chi connectivity index (χ1n) is 5.68. The third-order valence-electron chi connectivity index (χ3n) is 2.52. The summed E-state index contributed by atoms with van der Waals surface area (Å²) in [5, 5.41) is 7.15. The van der Waals surface area contributed by atoms with E-state index in [1.54, 1.807) is 12.3 Å². The highest BCUT2D eigenvalue weighted by molar-refractivity contribution is 5.38. The minimum absolute atomic E-state index is 0.0673. The lowest BCUT2D eigenvalue weighted by Gasteiger charge is -2.10. The lowest BCUT2D eigenvalue weighted by Crippen LogP contribution is -2.25. The lowest BCUT2D eigenvalue weighted by molar-refractivity contribution is 0.424. The summed E-state index contributed by atoms with van der Waals surface area (Å²) in [6.07, 6.45) is 2.71. The largest absolute Gasteiger partial charge is 0.382 e. The zero-order valence-electron chi connectivity index (χ0n) is 9.94. The number of anilines is 1. The molecule has 0 bridgehead atoms. The molecule has 1 aromatic rings. The highest BCUT2D eigenvalue weighted by Gasteiger charge is 2.04. The number of hydrogen-bond acceptors (Lipinski definition) is 4. The molecule has 0 aromatic carbocycles. The van der Waals surface area contributed by atoms with Crippen molar-refractivity contribution in [3.63, 3.8) is 0 Å². The average Bonchev–Trinajstić information content (AvgIpc) is 2.29. The van der Waals surface area contributed by atoms with Gasteiger partial charge in [0.1, 0.15) is 0 Å². The van der Waals surface area contributed by atoms with Crippen LogP contribution in [0.5, 0.6) is 0 Å². The second kappa shape index (κ2) is 6.27. The second-order valence-corrected chi connectivity index (χ2v) is 3.99. The van der Waals surface area contributed by atoms with Crippen molar-refractivity contribution in [1.82, 2.24) is 9.78 Å². The van der Waals surface area contributed by atoms with Crippen LogP contribution in [0.4, 0.5) is 5.69 Å². The highest BCUT2D eigenvalue weighted by atomic mass is 16.1. The Bertz CT molecular complexity index is 374. The predicted molar refractivity (Wildman–Crippen MR) is 65.5 cm³/mol.